The number of ether oxygens (including phenoxy) is 1. The minimum absolute atomic E-state index is 0.0742. The summed E-state index contributed by atoms with van der Waals surface area (Å²) in [6.45, 7) is 2.88. The molecular formula is C29H28ClN5O4S. The van der Waals surface area contributed by atoms with E-state index in [1.807, 2.05) is 36.4 Å². The van der Waals surface area contributed by atoms with Crippen LogP contribution in [-0.4, -0.2) is 61.3 Å². The summed E-state index contributed by atoms with van der Waals surface area (Å²) < 4.78 is 29.8. The molecule has 0 bridgehead atoms. The van der Waals surface area contributed by atoms with Gasteiger partial charge < -0.3 is 15.0 Å². The van der Waals surface area contributed by atoms with Crippen molar-refractivity contribution in [3.63, 3.8) is 0 Å². The highest BCUT2D eigenvalue weighted by molar-refractivity contribution is 7.90. The molecule has 6 rings (SSSR count). The number of aromatic nitrogens is 3. The summed E-state index contributed by atoms with van der Waals surface area (Å²) >= 11 is 6.00. The number of sulfone groups is 1. The van der Waals surface area contributed by atoms with E-state index >= 15 is 0 Å². The zero-order chi connectivity index (χ0) is 27.9. The first-order chi connectivity index (χ1) is 19.2. The lowest BCUT2D eigenvalue weighted by atomic mass is 9.94. The largest absolute Gasteiger partial charge is 0.378 e. The second-order valence-electron chi connectivity index (χ2n) is 10.2. The van der Waals surface area contributed by atoms with Crippen LogP contribution in [0.15, 0.2) is 65.7 Å². The number of hydrogen-bond acceptors (Lipinski definition) is 8. The first kappa shape index (κ1) is 26.6. The maximum atomic E-state index is 12.7. The lowest BCUT2D eigenvalue weighted by Gasteiger charge is -2.35. The molecule has 0 aliphatic carbocycles. The van der Waals surface area contributed by atoms with Crippen molar-refractivity contribution in [2.75, 3.05) is 30.9 Å². The van der Waals surface area contributed by atoms with Crippen LogP contribution in [0.2, 0.25) is 5.02 Å². The number of anilines is 1. The summed E-state index contributed by atoms with van der Waals surface area (Å²) in [5.41, 5.74) is 3.09. The normalized spacial score (nSPS) is 19.0. The number of benzene rings is 1. The van der Waals surface area contributed by atoms with E-state index in [1.54, 1.807) is 6.20 Å². The van der Waals surface area contributed by atoms with Gasteiger partial charge in [0, 0.05) is 49.0 Å². The lowest BCUT2D eigenvalue weighted by molar-refractivity contribution is 0.0771. The maximum Gasteiger partial charge on any atom is 0.251 e. The molecular weight excluding hydrogens is 550 g/mol. The van der Waals surface area contributed by atoms with E-state index in [9.17, 15) is 13.2 Å². The third kappa shape index (κ3) is 5.52. The van der Waals surface area contributed by atoms with Gasteiger partial charge in [0.1, 0.15) is 5.82 Å². The Morgan fingerprint density at radius 3 is 2.80 bits per heavy atom. The van der Waals surface area contributed by atoms with Crippen molar-refractivity contribution in [1.82, 2.24) is 20.3 Å². The van der Waals surface area contributed by atoms with Crippen LogP contribution >= 0.6 is 11.6 Å². The highest BCUT2D eigenvalue weighted by atomic mass is 35.5. The molecule has 9 nitrogen and oxygen atoms in total. The predicted octanol–water partition coefficient (Wildman–Crippen LogP) is 4.29. The molecule has 1 amide bonds. The summed E-state index contributed by atoms with van der Waals surface area (Å²) in [5.74, 6) is 1.08. The molecule has 0 saturated carbocycles. The molecule has 1 N–H and O–H groups in total. The second kappa shape index (κ2) is 10.8. The SMILES string of the molecule is CS(=O)(=O)c1cc(C(=O)NCc2cc3nc(-c4cccc(N5CC[C@H]6OCC[C@@H]6C5)n4)ccc3cn2)ccc1Cl. The zero-order valence-electron chi connectivity index (χ0n) is 21.9. The van der Waals surface area contributed by atoms with Crippen LogP contribution in [0.5, 0.6) is 0 Å². The molecule has 2 saturated heterocycles. The zero-order valence-corrected chi connectivity index (χ0v) is 23.5. The highest BCUT2D eigenvalue weighted by Crippen LogP contribution is 2.31. The van der Waals surface area contributed by atoms with E-state index in [1.165, 1.54) is 18.2 Å². The van der Waals surface area contributed by atoms with Crippen LogP contribution in [-0.2, 0) is 21.1 Å². The third-order valence-corrected chi connectivity index (χ3v) is 9.04. The van der Waals surface area contributed by atoms with Gasteiger partial charge in [-0.15, -0.1) is 0 Å². The Morgan fingerprint density at radius 1 is 1.10 bits per heavy atom. The molecule has 1 aromatic carbocycles. The van der Waals surface area contributed by atoms with Crippen molar-refractivity contribution in [2.24, 2.45) is 5.92 Å². The van der Waals surface area contributed by atoms with E-state index < -0.39 is 15.7 Å². The fraction of sp³-hybridized carbons (Fsp3) is 0.310. The van der Waals surface area contributed by atoms with Crippen molar-refractivity contribution >= 4 is 44.1 Å². The van der Waals surface area contributed by atoms with Crippen molar-refractivity contribution in [1.29, 1.82) is 0 Å². The number of hydrogen-bond donors (Lipinski definition) is 1. The van der Waals surface area contributed by atoms with Crippen molar-refractivity contribution in [3.8, 4) is 11.4 Å². The van der Waals surface area contributed by atoms with Crippen molar-refractivity contribution in [3.05, 3.63) is 77.1 Å². The Labute approximate surface area is 237 Å². The van der Waals surface area contributed by atoms with Gasteiger partial charge in [-0.25, -0.2) is 18.4 Å². The highest BCUT2D eigenvalue weighted by Gasteiger charge is 2.34. The van der Waals surface area contributed by atoms with Crippen LogP contribution in [0.4, 0.5) is 5.82 Å². The first-order valence-electron chi connectivity index (χ1n) is 13.1. The average molecular weight is 578 g/mol. The molecule has 2 atom stereocenters. The van der Waals surface area contributed by atoms with Crippen LogP contribution in [0.3, 0.4) is 0 Å². The number of fused-ring (bicyclic) bond motifs is 2. The maximum absolute atomic E-state index is 12.7. The molecule has 0 spiro atoms. The number of halogens is 1. The van der Waals surface area contributed by atoms with E-state index in [0.717, 1.165) is 66.9 Å². The summed E-state index contributed by atoms with van der Waals surface area (Å²) in [5, 5.41) is 3.73. The number of piperidine rings is 1. The van der Waals surface area contributed by atoms with Crippen LogP contribution in [0.1, 0.15) is 28.9 Å². The van der Waals surface area contributed by atoms with Crippen molar-refractivity contribution in [2.45, 2.75) is 30.4 Å². The Morgan fingerprint density at radius 2 is 1.95 bits per heavy atom. The molecule has 0 radical (unpaired) electrons. The van der Waals surface area contributed by atoms with E-state index in [-0.39, 0.29) is 22.0 Å². The van der Waals surface area contributed by atoms with E-state index in [0.29, 0.717) is 17.7 Å². The molecule has 5 heterocycles. The summed E-state index contributed by atoms with van der Waals surface area (Å²) in [7, 11) is -3.57. The van der Waals surface area contributed by atoms with Gasteiger partial charge in [0.2, 0.25) is 0 Å². The predicted molar refractivity (Wildman–Crippen MR) is 153 cm³/mol. The molecule has 2 aliphatic rings. The molecule has 0 unspecified atom stereocenters. The van der Waals surface area contributed by atoms with Gasteiger partial charge in [-0.1, -0.05) is 17.7 Å². The molecule has 3 aromatic heterocycles. The quantitative estimate of drug-likeness (QED) is 0.361. The Kier molecular flexibility index (Phi) is 7.16. The minimum atomic E-state index is -3.57. The number of carbonyl (C=O) groups excluding carboxylic acids is 1. The van der Waals surface area contributed by atoms with E-state index in [4.69, 9.17) is 26.3 Å². The molecule has 40 heavy (non-hydrogen) atoms. The van der Waals surface area contributed by atoms with Gasteiger partial charge in [0.25, 0.3) is 5.91 Å². The Bertz CT molecular complexity index is 1710. The summed E-state index contributed by atoms with van der Waals surface area (Å²) in [6, 6.07) is 15.9. The third-order valence-electron chi connectivity index (χ3n) is 7.46. The Balaban J connectivity index is 1.19. The van der Waals surface area contributed by atoms with Gasteiger partial charge in [0.05, 0.1) is 45.2 Å². The second-order valence-corrected chi connectivity index (χ2v) is 12.6. The molecule has 2 aliphatic heterocycles. The number of nitrogens with zero attached hydrogens (tertiary/aromatic N) is 4. The molecule has 2 fully saturated rings. The number of amides is 1. The topological polar surface area (TPSA) is 114 Å². The fourth-order valence-electron chi connectivity index (χ4n) is 5.33. The number of nitrogens with one attached hydrogen (secondary N) is 1. The van der Waals surface area contributed by atoms with Gasteiger partial charge in [-0.05, 0) is 61.4 Å². The number of rotatable bonds is 6. The van der Waals surface area contributed by atoms with Gasteiger partial charge in [0.15, 0.2) is 9.84 Å². The molecule has 11 heteroatoms. The van der Waals surface area contributed by atoms with Crippen molar-refractivity contribution < 1.29 is 17.9 Å². The van der Waals surface area contributed by atoms with Crippen LogP contribution < -0.4 is 10.2 Å². The molecule has 206 valence electrons. The monoisotopic (exact) mass is 577 g/mol. The molecule has 4 aromatic rings. The van der Waals surface area contributed by atoms with Gasteiger partial charge >= 0.3 is 0 Å². The summed E-state index contributed by atoms with van der Waals surface area (Å²) in [4.78, 5) is 29.2. The van der Waals surface area contributed by atoms with E-state index in [2.05, 4.69) is 15.2 Å². The smallest absolute Gasteiger partial charge is 0.251 e. The minimum Gasteiger partial charge on any atom is -0.378 e. The number of pyridine rings is 3. The average Bonchev–Trinajstić information content (AvgIpc) is 3.43. The van der Waals surface area contributed by atoms with Gasteiger partial charge in [-0.3, -0.25) is 9.78 Å². The first-order valence-corrected chi connectivity index (χ1v) is 15.4. The Hall–Kier alpha value is -3.60. The fourth-order valence-corrected chi connectivity index (χ4v) is 6.63. The number of carbonyl (C=O) groups is 1. The van der Waals surface area contributed by atoms with Gasteiger partial charge in [-0.2, -0.15) is 0 Å². The van der Waals surface area contributed by atoms with Crippen LogP contribution in [0.25, 0.3) is 22.3 Å². The van der Waals surface area contributed by atoms with Crippen LogP contribution in [0, 0.1) is 5.92 Å². The summed E-state index contributed by atoms with van der Waals surface area (Å²) in [6.07, 6.45) is 5.27. The standard InChI is InChI=1S/C29H28ClN5O4S/c1-40(37,38)27-13-18(5-7-22(27)30)29(36)32-16-21-14-25-19(15-31-21)6-8-24(33-25)23-3-2-4-28(34-23)35-11-9-26-20(17-35)10-12-39-26/h2-8,13-15,20,26H,9-12,16-17H2,1H3,(H,32,36)/t20-,26-/m1/s1. The lowest BCUT2D eigenvalue weighted by Crippen LogP contribution is -2.41.